The van der Waals surface area contributed by atoms with Crippen molar-refractivity contribution in [1.29, 1.82) is 0 Å². The van der Waals surface area contributed by atoms with E-state index in [-0.39, 0.29) is 11.4 Å². The van der Waals surface area contributed by atoms with E-state index in [0.717, 1.165) is 22.9 Å². The first-order chi connectivity index (χ1) is 8.63. The lowest BCUT2D eigenvalue weighted by Crippen LogP contribution is -2.39. The van der Waals surface area contributed by atoms with Crippen LogP contribution in [0.5, 0.6) is 0 Å². The fourth-order valence-corrected chi connectivity index (χ4v) is 2.50. The van der Waals surface area contributed by atoms with Gasteiger partial charge in [-0.2, -0.15) is 0 Å². The Morgan fingerprint density at radius 2 is 2.00 bits per heavy atom. The van der Waals surface area contributed by atoms with E-state index in [1.807, 2.05) is 24.3 Å². The molecule has 0 heterocycles. The van der Waals surface area contributed by atoms with Gasteiger partial charge in [-0.15, -0.1) is 0 Å². The molecule has 1 fully saturated rings. The molecule has 0 saturated heterocycles. The summed E-state index contributed by atoms with van der Waals surface area (Å²) in [5.41, 5.74) is 6.75. The minimum atomic E-state index is -0.136. The van der Waals surface area contributed by atoms with Crippen molar-refractivity contribution in [3.8, 4) is 0 Å². The molecular weight excluding hydrogens is 294 g/mol. The van der Waals surface area contributed by atoms with Crippen LogP contribution in [-0.4, -0.2) is 12.5 Å². The first-order valence-corrected chi connectivity index (χ1v) is 7.03. The van der Waals surface area contributed by atoms with Crippen LogP contribution in [0.2, 0.25) is 0 Å². The number of esters is 1. The third kappa shape index (κ3) is 3.33. The number of hydrogen-bond acceptors (Lipinski definition) is 3. The third-order valence-corrected chi connectivity index (χ3v) is 4.21. The van der Waals surface area contributed by atoms with Crippen molar-refractivity contribution < 1.29 is 9.53 Å². The van der Waals surface area contributed by atoms with Crippen LogP contribution in [0, 0.1) is 5.41 Å². The van der Waals surface area contributed by atoms with Gasteiger partial charge in [0.1, 0.15) is 6.61 Å². The molecule has 1 aromatic rings. The van der Waals surface area contributed by atoms with Crippen molar-refractivity contribution in [2.75, 3.05) is 6.54 Å². The van der Waals surface area contributed by atoms with E-state index in [2.05, 4.69) is 15.9 Å². The van der Waals surface area contributed by atoms with Crippen LogP contribution in [0.1, 0.15) is 31.2 Å². The number of carbonyl (C=O) groups is 1. The summed E-state index contributed by atoms with van der Waals surface area (Å²) in [6, 6.07) is 7.77. The molecule has 0 unspecified atom stereocenters. The molecule has 3 nitrogen and oxygen atoms in total. The molecule has 0 spiro atoms. The second kappa shape index (κ2) is 5.85. The standard InChI is InChI=1S/C14H18BrNO2/c15-12-4-2-11(3-5-12)9-18-13(17)8-14(10-16)6-1-7-14/h2-5H,1,6-10,16H2. The van der Waals surface area contributed by atoms with E-state index < -0.39 is 0 Å². The van der Waals surface area contributed by atoms with Crippen LogP contribution in [-0.2, 0) is 16.1 Å². The maximum atomic E-state index is 11.8. The molecule has 2 N–H and O–H groups in total. The predicted octanol–water partition coefficient (Wildman–Crippen LogP) is 3.01. The highest BCUT2D eigenvalue weighted by Crippen LogP contribution is 2.43. The third-order valence-electron chi connectivity index (χ3n) is 3.68. The average Bonchev–Trinajstić information content (AvgIpc) is 2.33. The van der Waals surface area contributed by atoms with Crippen molar-refractivity contribution in [2.45, 2.75) is 32.3 Å². The molecule has 2 rings (SSSR count). The van der Waals surface area contributed by atoms with E-state index in [0.29, 0.717) is 19.6 Å². The summed E-state index contributed by atoms with van der Waals surface area (Å²) in [5, 5.41) is 0. The zero-order valence-electron chi connectivity index (χ0n) is 10.3. The number of nitrogens with two attached hydrogens (primary N) is 1. The molecule has 1 aliphatic rings. The molecule has 1 saturated carbocycles. The van der Waals surface area contributed by atoms with Crippen molar-refractivity contribution in [3.05, 3.63) is 34.3 Å². The average molecular weight is 312 g/mol. The van der Waals surface area contributed by atoms with Gasteiger partial charge in [0, 0.05) is 4.47 Å². The highest BCUT2D eigenvalue weighted by atomic mass is 79.9. The smallest absolute Gasteiger partial charge is 0.306 e. The highest BCUT2D eigenvalue weighted by molar-refractivity contribution is 9.10. The zero-order chi connectivity index (χ0) is 13.0. The van der Waals surface area contributed by atoms with E-state index in [1.54, 1.807) is 0 Å². The van der Waals surface area contributed by atoms with Crippen LogP contribution >= 0.6 is 15.9 Å². The van der Waals surface area contributed by atoms with Gasteiger partial charge in [0.15, 0.2) is 0 Å². The normalized spacial score (nSPS) is 17.0. The van der Waals surface area contributed by atoms with Gasteiger partial charge >= 0.3 is 5.97 Å². The lowest BCUT2D eigenvalue weighted by atomic mass is 9.67. The summed E-state index contributed by atoms with van der Waals surface area (Å²) in [6.07, 6.45) is 3.74. The van der Waals surface area contributed by atoms with Crippen molar-refractivity contribution in [2.24, 2.45) is 11.1 Å². The van der Waals surface area contributed by atoms with Crippen molar-refractivity contribution in [3.63, 3.8) is 0 Å². The second-order valence-electron chi connectivity index (χ2n) is 5.02. The molecule has 0 atom stereocenters. The van der Waals surface area contributed by atoms with Gasteiger partial charge in [0.2, 0.25) is 0 Å². The second-order valence-corrected chi connectivity index (χ2v) is 5.94. The monoisotopic (exact) mass is 311 g/mol. The largest absolute Gasteiger partial charge is 0.461 e. The molecule has 1 aromatic carbocycles. The van der Waals surface area contributed by atoms with Crippen LogP contribution in [0.25, 0.3) is 0 Å². The topological polar surface area (TPSA) is 52.3 Å². The number of ether oxygens (including phenoxy) is 1. The quantitative estimate of drug-likeness (QED) is 0.850. The Morgan fingerprint density at radius 1 is 1.33 bits per heavy atom. The first kappa shape index (κ1) is 13.6. The summed E-state index contributed by atoms with van der Waals surface area (Å²) in [7, 11) is 0. The molecule has 0 aromatic heterocycles. The maximum absolute atomic E-state index is 11.8. The Hall–Kier alpha value is -0.870. The number of hydrogen-bond donors (Lipinski definition) is 1. The molecule has 0 amide bonds. The van der Waals surface area contributed by atoms with E-state index in [4.69, 9.17) is 10.5 Å². The van der Waals surface area contributed by atoms with Gasteiger partial charge in [0.25, 0.3) is 0 Å². The Kier molecular flexibility index (Phi) is 4.40. The Labute approximate surface area is 116 Å². The molecule has 0 radical (unpaired) electrons. The fraction of sp³-hybridized carbons (Fsp3) is 0.500. The predicted molar refractivity (Wildman–Crippen MR) is 73.9 cm³/mol. The van der Waals surface area contributed by atoms with Crippen LogP contribution in [0.3, 0.4) is 0 Å². The lowest BCUT2D eigenvalue weighted by Gasteiger charge is -2.40. The number of halogens is 1. The number of benzene rings is 1. The Balaban J connectivity index is 1.79. The van der Waals surface area contributed by atoms with E-state index in [9.17, 15) is 4.79 Å². The van der Waals surface area contributed by atoms with Gasteiger partial charge in [-0.25, -0.2) is 0 Å². The van der Waals surface area contributed by atoms with Gasteiger partial charge < -0.3 is 10.5 Å². The SMILES string of the molecule is NCC1(CC(=O)OCc2ccc(Br)cc2)CCC1. The summed E-state index contributed by atoms with van der Waals surface area (Å²) < 4.78 is 6.31. The first-order valence-electron chi connectivity index (χ1n) is 6.24. The van der Waals surface area contributed by atoms with E-state index in [1.165, 1.54) is 6.42 Å². The lowest BCUT2D eigenvalue weighted by molar-refractivity contribution is -0.149. The molecule has 98 valence electrons. The molecule has 4 heteroatoms. The van der Waals surface area contributed by atoms with Gasteiger partial charge in [0.05, 0.1) is 6.42 Å². The molecule has 1 aliphatic carbocycles. The van der Waals surface area contributed by atoms with Gasteiger partial charge in [-0.3, -0.25) is 4.79 Å². The van der Waals surface area contributed by atoms with Crippen LogP contribution in [0.4, 0.5) is 0 Å². The summed E-state index contributed by atoms with van der Waals surface area (Å²) in [4.78, 5) is 11.8. The Bertz CT molecular complexity index is 407. The van der Waals surface area contributed by atoms with Crippen LogP contribution in [0.15, 0.2) is 28.7 Å². The molecular formula is C14H18BrNO2. The zero-order valence-corrected chi connectivity index (χ0v) is 11.9. The fourth-order valence-electron chi connectivity index (χ4n) is 2.23. The minimum Gasteiger partial charge on any atom is -0.461 e. The summed E-state index contributed by atoms with van der Waals surface area (Å²) in [5.74, 6) is -0.136. The summed E-state index contributed by atoms with van der Waals surface area (Å²) >= 11 is 3.37. The van der Waals surface area contributed by atoms with Gasteiger partial charge in [-0.1, -0.05) is 34.5 Å². The maximum Gasteiger partial charge on any atom is 0.306 e. The highest BCUT2D eigenvalue weighted by Gasteiger charge is 2.38. The summed E-state index contributed by atoms with van der Waals surface area (Å²) in [6.45, 7) is 0.924. The molecule has 0 bridgehead atoms. The van der Waals surface area contributed by atoms with Crippen molar-refractivity contribution in [1.82, 2.24) is 0 Å². The molecule has 0 aliphatic heterocycles. The van der Waals surface area contributed by atoms with Crippen molar-refractivity contribution >= 4 is 21.9 Å². The van der Waals surface area contributed by atoms with E-state index >= 15 is 0 Å². The van der Waals surface area contributed by atoms with Gasteiger partial charge in [-0.05, 0) is 42.5 Å². The number of carbonyl (C=O) groups excluding carboxylic acids is 1. The number of rotatable bonds is 5. The van der Waals surface area contributed by atoms with Crippen LogP contribution < -0.4 is 5.73 Å². The Morgan fingerprint density at radius 3 is 2.50 bits per heavy atom. The minimum absolute atomic E-state index is 0.0246. The molecule has 18 heavy (non-hydrogen) atoms.